The lowest BCUT2D eigenvalue weighted by Gasteiger charge is -2.34. The Morgan fingerprint density at radius 2 is 1.94 bits per heavy atom. The van der Waals surface area contributed by atoms with E-state index < -0.39 is 11.7 Å². The molecule has 0 saturated carbocycles. The molecule has 0 fully saturated rings. The van der Waals surface area contributed by atoms with Gasteiger partial charge in [-0.15, -0.1) is 11.3 Å². The Bertz CT molecular complexity index is 331. The molecule has 0 bridgehead atoms. The number of rotatable bonds is 6. The topological polar surface area (TPSA) is 42.4 Å². The molecule has 1 N–H and O–H groups in total. The molecule has 98 valence electrons. The summed E-state index contributed by atoms with van der Waals surface area (Å²) in [5.74, 6) is 0. The second-order valence-corrected chi connectivity index (χ2v) is 5.73. The van der Waals surface area contributed by atoms with Crippen molar-refractivity contribution in [1.82, 2.24) is 4.98 Å². The zero-order chi connectivity index (χ0) is 13.1. The third-order valence-corrected chi connectivity index (χ3v) is 4.75. The molecular weight excluding hydrogens is 234 g/mol. The molecule has 1 unspecified atom stereocenters. The summed E-state index contributed by atoms with van der Waals surface area (Å²) >= 11 is 1.66. The number of nitrogens with zero attached hydrogens (tertiary/aromatic N) is 1. The van der Waals surface area contributed by atoms with E-state index in [4.69, 9.17) is 4.74 Å². The van der Waals surface area contributed by atoms with E-state index in [1.165, 1.54) is 4.88 Å². The maximum atomic E-state index is 10.4. The Balaban J connectivity index is 2.79. The number of aromatic nitrogens is 1. The predicted octanol–water partition coefficient (Wildman–Crippen LogP) is 2.87. The number of thiazole rings is 1. The Labute approximate surface area is 108 Å². The summed E-state index contributed by atoms with van der Waals surface area (Å²) in [6.07, 6.45) is 1.71. The molecule has 0 spiro atoms. The fraction of sp³-hybridized carbons (Fsp3) is 0.769. The zero-order valence-corrected chi connectivity index (χ0v) is 12.2. The van der Waals surface area contributed by atoms with E-state index in [0.29, 0.717) is 6.42 Å². The lowest BCUT2D eigenvalue weighted by Crippen LogP contribution is -2.44. The van der Waals surface area contributed by atoms with Gasteiger partial charge in [0.1, 0.15) is 0 Å². The maximum Gasteiger partial charge on any atom is 0.0957 e. The summed E-state index contributed by atoms with van der Waals surface area (Å²) in [4.78, 5) is 5.69. The Morgan fingerprint density at radius 3 is 2.29 bits per heavy atom. The van der Waals surface area contributed by atoms with Gasteiger partial charge in [0, 0.05) is 18.4 Å². The van der Waals surface area contributed by atoms with Crippen LogP contribution in [0.4, 0.5) is 0 Å². The summed E-state index contributed by atoms with van der Waals surface area (Å²) in [5.41, 5.74) is 0.626. The molecule has 0 amide bonds. The van der Waals surface area contributed by atoms with Crippen molar-refractivity contribution in [3.8, 4) is 0 Å². The number of methoxy groups -OCH3 is 1. The molecule has 0 aliphatic heterocycles. The molecule has 1 aromatic heterocycles. The van der Waals surface area contributed by atoms with Gasteiger partial charge in [-0.05, 0) is 26.7 Å². The van der Waals surface area contributed by atoms with Gasteiger partial charge in [0.25, 0.3) is 0 Å². The molecule has 1 rings (SSSR count). The van der Waals surface area contributed by atoms with Crippen LogP contribution in [0.2, 0.25) is 0 Å². The Hall–Kier alpha value is -0.450. The van der Waals surface area contributed by atoms with Crippen molar-refractivity contribution in [2.24, 2.45) is 0 Å². The van der Waals surface area contributed by atoms with E-state index in [2.05, 4.69) is 25.8 Å². The number of hydrogen-bond donors (Lipinski definition) is 1. The van der Waals surface area contributed by atoms with Crippen LogP contribution in [-0.4, -0.2) is 28.9 Å². The van der Waals surface area contributed by atoms with Gasteiger partial charge in [-0.1, -0.05) is 13.8 Å². The number of aliphatic hydroxyl groups excluding tert-OH is 1. The van der Waals surface area contributed by atoms with Crippen molar-refractivity contribution in [1.29, 1.82) is 0 Å². The van der Waals surface area contributed by atoms with Crippen molar-refractivity contribution >= 4 is 11.3 Å². The Morgan fingerprint density at radius 1 is 1.35 bits per heavy atom. The van der Waals surface area contributed by atoms with Crippen LogP contribution in [0.1, 0.15) is 42.3 Å². The summed E-state index contributed by atoms with van der Waals surface area (Å²) < 4.78 is 5.53. The minimum absolute atomic E-state index is 0.437. The highest BCUT2D eigenvalue weighted by Gasteiger charge is 2.35. The van der Waals surface area contributed by atoms with Gasteiger partial charge in [0.15, 0.2) is 0 Å². The summed E-state index contributed by atoms with van der Waals surface area (Å²) in [5, 5.41) is 11.4. The number of aryl methyl sites for hydroxylation is 2. The third kappa shape index (κ3) is 3.06. The van der Waals surface area contributed by atoms with Crippen molar-refractivity contribution in [2.75, 3.05) is 7.11 Å². The standard InChI is InChI=1S/C13H23NO2S/c1-6-13(7-2,16-5)11(15)8-12-14-9(3)10(4)17-12/h11,15H,6-8H2,1-5H3. The van der Waals surface area contributed by atoms with Crippen LogP contribution in [0.25, 0.3) is 0 Å². The van der Waals surface area contributed by atoms with E-state index in [0.717, 1.165) is 23.5 Å². The van der Waals surface area contributed by atoms with Crippen molar-refractivity contribution in [2.45, 2.75) is 58.7 Å². The number of hydrogen-bond acceptors (Lipinski definition) is 4. The fourth-order valence-electron chi connectivity index (χ4n) is 2.12. The number of ether oxygens (including phenoxy) is 1. The van der Waals surface area contributed by atoms with Crippen LogP contribution >= 0.6 is 11.3 Å². The fourth-order valence-corrected chi connectivity index (χ4v) is 3.09. The molecule has 3 nitrogen and oxygen atoms in total. The van der Waals surface area contributed by atoms with Gasteiger partial charge >= 0.3 is 0 Å². The highest BCUT2D eigenvalue weighted by atomic mass is 32.1. The van der Waals surface area contributed by atoms with Crippen molar-refractivity contribution in [3.05, 3.63) is 15.6 Å². The normalized spacial score (nSPS) is 14.0. The first kappa shape index (κ1) is 14.6. The van der Waals surface area contributed by atoms with Crippen LogP contribution in [0, 0.1) is 13.8 Å². The van der Waals surface area contributed by atoms with Crippen LogP contribution in [-0.2, 0) is 11.2 Å². The predicted molar refractivity (Wildman–Crippen MR) is 71.6 cm³/mol. The first-order valence-corrected chi connectivity index (χ1v) is 6.96. The van der Waals surface area contributed by atoms with Crippen LogP contribution in [0.5, 0.6) is 0 Å². The first-order chi connectivity index (χ1) is 7.99. The molecule has 1 heterocycles. The lowest BCUT2D eigenvalue weighted by molar-refractivity contribution is -0.106. The van der Waals surface area contributed by atoms with E-state index in [-0.39, 0.29) is 0 Å². The highest BCUT2D eigenvalue weighted by molar-refractivity contribution is 7.11. The molecular formula is C13H23NO2S. The number of aliphatic hydroxyl groups is 1. The quantitative estimate of drug-likeness (QED) is 0.852. The second kappa shape index (κ2) is 5.94. The minimum Gasteiger partial charge on any atom is -0.390 e. The highest BCUT2D eigenvalue weighted by Crippen LogP contribution is 2.28. The average Bonchev–Trinajstić information content (AvgIpc) is 2.61. The van der Waals surface area contributed by atoms with Gasteiger partial charge in [0.05, 0.1) is 22.4 Å². The van der Waals surface area contributed by atoms with Gasteiger partial charge in [0.2, 0.25) is 0 Å². The Kier molecular flexibility index (Phi) is 5.10. The first-order valence-electron chi connectivity index (χ1n) is 6.15. The largest absolute Gasteiger partial charge is 0.390 e. The molecule has 0 saturated heterocycles. The molecule has 0 aliphatic carbocycles. The summed E-state index contributed by atoms with van der Waals surface area (Å²) in [6, 6.07) is 0. The third-order valence-electron chi connectivity index (χ3n) is 3.65. The van der Waals surface area contributed by atoms with Crippen molar-refractivity contribution in [3.63, 3.8) is 0 Å². The zero-order valence-electron chi connectivity index (χ0n) is 11.4. The van der Waals surface area contributed by atoms with E-state index in [1.54, 1.807) is 18.4 Å². The van der Waals surface area contributed by atoms with Gasteiger partial charge in [-0.25, -0.2) is 4.98 Å². The molecule has 17 heavy (non-hydrogen) atoms. The SMILES string of the molecule is CCC(CC)(OC)C(O)Cc1nc(C)c(C)s1. The van der Waals surface area contributed by atoms with Crippen LogP contribution in [0.15, 0.2) is 0 Å². The second-order valence-electron chi connectivity index (χ2n) is 4.45. The van der Waals surface area contributed by atoms with Gasteiger partial charge < -0.3 is 9.84 Å². The average molecular weight is 257 g/mol. The van der Waals surface area contributed by atoms with E-state index in [9.17, 15) is 5.11 Å². The summed E-state index contributed by atoms with van der Waals surface area (Å²) in [7, 11) is 1.68. The van der Waals surface area contributed by atoms with Crippen LogP contribution in [0.3, 0.4) is 0 Å². The molecule has 0 radical (unpaired) electrons. The van der Waals surface area contributed by atoms with E-state index >= 15 is 0 Å². The van der Waals surface area contributed by atoms with Gasteiger partial charge in [-0.3, -0.25) is 0 Å². The summed E-state index contributed by atoms with van der Waals surface area (Å²) in [6.45, 7) is 8.17. The smallest absolute Gasteiger partial charge is 0.0957 e. The van der Waals surface area contributed by atoms with Crippen LogP contribution < -0.4 is 0 Å². The lowest BCUT2D eigenvalue weighted by atomic mass is 9.88. The maximum absolute atomic E-state index is 10.4. The molecule has 1 atom stereocenters. The molecule has 0 aromatic carbocycles. The monoisotopic (exact) mass is 257 g/mol. The van der Waals surface area contributed by atoms with E-state index in [1.807, 2.05) is 6.92 Å². The van der Waals surface area contributed by atoms with Gasteiger partial charge in [-0.2, -0.15) is 0 Å². The molecule has 4 heteroatoms. The van der Waals surface area contributed by atoms with Crippen molar-refractivity contribution < 1.29 is 9.84 Å². The molecule has 1 aromatic rings. The minimum atomic E-state index is -0.493. The molecule has 0 aliphatic rings.